The lowest BCUT2D eigenvalue weighted by molar-refractivity contribution is -0.335. The van der Waals surface area contributed by atoms with Gasteiger partial charge < -0.3 is 0 Å². The molecule has 2 aromatic carbocycles. The minimum atomic E-state index is 0.0762. The molecule has 0 fully saturated rings. The summed E-state index contributed by atoms with van der Waals surface area (Å²) in [4.78, 5) is 11.5. The summed E-state index contributed by atoms with van der Waals surface area (Å²) in [7, 11) is 0. The van der Waals surface area contributed by atoms with E-state index >= 15 is 0 Å². The maximum atomic E-state index is 5.77. The second-order valence-electron chi connectivity index (χ2n) is 6.39. The first-order valence-corrected chi connectivity index (χ1v) is 8.14. The van der Waals surface area contributed by atoms with Gasteiger partial charge in [-0.2, -0.15) is 0 Å². The van der Waals surface area contributed by atoms with Gasteiger partial charge in [0.05, 0.1) is 0 Å². The van der Waals surface area contributed by atoms with Crippen molar-refractivity contribution >= 4 is 11.1 Å². The van der Waals surface area contributed by atoms with E-state index in [0.29, 0.717) is 0 Å². The van der Waals surface area contributed by atoms with Crippen molar-refractivity contribution in [2.24, 2.45) is 0 Å². The van der Waals surface area contributed by atoms with Crippen molar-refractivity contribution in [1.82, 2.24) is 0 Å². The van der Waals surface area contributed by atoms with E-state index in [2.05, 4.69) is 48.5 Å². The Morgan fingerprint density at radius 2 is 1.09 bits per heavy atom. The third-order valence-electron chi connectivity index (χ3n) is 5.19. The molecule has 0 N–H and O–H groups in total. The molecule has 0 spiro atoms. The van der Waals surface area contributed by atoms with Gasteiger partial charge >= 0.3 is 0 Å². The van der Waals surface area contributed by atoms with E-state index < -0.39 is 0 Å². The fourth-order valence-corrected chi connectivity index (χ4v) is 4.17. The molecule has 0 radical (unpaired) electrons. The van der Waals surface area contributed by atoms with Crippen LogP contribution >= 0.6 is 0 Å². The smallest absolute Gasteiger partial charge is 0.119 e. The molecule has 22 heavy (non-hydrogen) atoms. The van der Waals surface area contributed by atoms with E-state index in [1.54, 1.807) is 0 Å². The maximum absolute atomic E-state index is 5.77. The summed E-state index contributed by atoms with van der Waals surface area (Å²) in [5.74, 6) is 0. The molecule has 110 valence electrons. The summed E-state index contributed by atoms with van der Waals surface area (Å²) in [5, 5.41) is 0. The van der Waals surface area contributed by atoms with Gasteiger partial charge in [-0.15, -0.1) is 0 Å². The summed E-state index contributed by atoms with van der Waals surface area (Å²) in [6.07, 6.45) is 4.29. The average Bonchev–Trinajstić information content (AvgIpc) is 2.60. The molecule has 0 saturated carbocycles. The van der Waals surface area contributed by atoms with Crippen molar-refractivity contribution < 1.29 is 9.78 Å². The second kappa shape index (κ2) is 4.80. The SMILES string of the molecule is c1ccc2c(c1)CC[C@H]1OO[C@@H]3CCc4ccccc4C3=C21. The van der Waals surface area contributed by atoms with Gasteiger partial charge in [-0.05, 0) is 59.1 Å². The van der Waals surface area contributed by atoms with Crippen LogP contribution in [0.5, 0.6) is 0 Å². The number of aryl methyl sites for hydroxylation is 2. The van der Waals surface area contributed by atoms with Crippen molar-refractivity contribution in [3.8, 4) is 0 Å². The van der Waals surface area contributed by atoms with Crippen LogP contribution in [0.15, 0.2) is 48.5 Å². The molecule has 0 unspecified atom stereocenters. The Morgan fingerprint density at radius 1 is 0.636 bits per heavy atom. The topological polar surface area (TPSA) is 18.5 Å². The Kier molecular flexibility index (Phi) is 2.76. The average molecular weight is 290 g/mol. The minimum Gasteiger partial charge on any atom is -0.228 e. The molecule has 2 nitrogen and oxygen atoms in total. The molecule has 0 bridgehead atoms. The number of fused-ring (bicyclic) bond motifs is 6. The molecule has 0 saturated heterocycles. The lowest BCUT2D eigenvalue weighted by Gasteiger charge is -2.39. The van der Waals surface area contributed by atoms with E-state index in [4.69, 9.17) is 9.78 Å². The van der Waals surface area contributed by atoms with E-state index in [9.17, 15) is 0 Å². The molecule has 0 aromatic heterocycles. The van der Waals surface area contributed by atoms with Crippen LogP contribution in [0, 0.1) is 0 Å². The van der Waals surface area contributed by atoms with Crippen LogP contribution in [0.25, 0.3) is 11.1 Å². The summed E-state index contributed by atoms with van der Waals surface area (Å²) < 4.78 is 0. The highest BCUT2D eigenvalue weighted by Gasteiger charge is 2.38. The molecule has 0 amide bonds. The van der Waals surface area contributed by atoms with Gasteiger partial charge in [0, 0.05) is 0 Å². The Bertz CT molecular complexity index is 709. The summed E-state index contributed by atoms with van der Waals surface area (Å²) in [6.45, 7) is 0. The van der Waals surface area contributed by atoms with Crippen molar-refractivity contribution in [2.45, 2.75) is 37.9 Å². The molecule has 3 aliphatic rings. The van der Waals surface area contributed by atoms with Gasteiger partial charge in [0.2, 0.25) is 0 Å². The van der Waals surface area contributed by atoms with Gasteiger partial charge in [-0.25, -0.2) is 9.78 Å². The molecule has 2 atom stereocenters. The normalized spacial score (nSPS) is 25.8. The number of hydrogen-bond acceptors (Lipinski definition) is 2. The predicted molar refractivity (Wildman–Crippen MR) is 86.1 cm³/mol. The van der Waals surface area contributed by atoms with Crippen LogP contribution in [0.3, 0.4) is 0 Å². The van der Waals surface area contributed by atoms with Gasteiger partial charge in [-0.3, -0.25) is 0 Å². The maximum Gasteiger partial charge on any atom is 0.119 e. The first kappa shape index (κ1) is 12.6. The third-order valence-corrected chi connectivity index (χ3v) is 5.19. The number of hydrogen-bond donors (Lipinski definition) is 0. The van der Waals surface area contributed by atoms with Crippen LogP contribution in [0.2, 0.25) is 0 Å². The fourth-order valence-electron chi connectivity index (χ4n) is 4.17. The molecule has 5 rings (SSSR count). The highest BCUT2D eigenvalue weighted by molar-refractivity contribution is 5.97. The molecule has 1 aliphatic heterocycles. The molecule has 1 heterocycles. The zero-order valence-corrected chi connectivity index (χ0v) is 12.4. The Balaban J connectivity index is 1.82. The van der Waals surface area contributed by atoms with Gasteiger partial charge in [0.15, 0.2) is 0 Å². The van der Waals surface area contributed by atoms with Crippen molar-refractivity contribution in [1.29, 1.82) is 0 Å². The van der Waals surface area contributed by atoms with Gasteiger partial charge in [0.25, 0.3) is 0 Å². The van der Waals surface area contributed by atoms with Crippen LogP contribution in [-0.2, 0) is 22.6 Å². The lowest BCUT2D eigenvalue weighted by atomic mass is 9.75. The highest BCUT2D eigenvalue weighted by Crippen LogP contribution is 2.46. The minimum absolute atomic E-state index is 0.0762. The van der Waals surface area contributed by atoms with Crippen molar-refractivity contribution in [2.75, 3.05) is 0 Å². The van der Waals surface area contributed by atoms with E-state index in [1.165, 1.54) is 33.4 Å². The molecule has 2 heteroatoms. The first-order chi connectivity index (χ1) is 10.9. The Morgan fingerprint density at radius 3 is 1.59 bits per heavy atom. The quantitative estimate of drug-likeness (QED) is 0.677. The summed E-state index contributed by atoms with van der Waals surface area (Å²) in [5.41, 5.74) is 8.33. The largest absolute Gasteiger partial charge is 0.228 e. The lowest BCUT2D eigenvalue weighted by Crippen LogP contribution is -2.35. The molecular formula is C20H18O2. The summed E-state index contributed by atoms with van der Waals surface area (Å²) >= 11 is 0. The standard InChI is InChI=1S/C20H18O2/c1-3-7-15-13(5-1)9-11-17-19(15)20-16-8-4-2-6-14(16)10-12-18(20)22-21-17/h1-8,17-18H,9-12H2/t17-,18-/m1/s1. The number of benzene rings is 2. The monoisotopic (exact) mass is 290 g/mol. The Labute approximate surface area is 130 Å². The Hall–Kier alpha value is -1.90. The van der Waals surface area contributed by atoms with Crippen LogP contribution in [0.1, 0.15) is 35.1 Å². The first-order valence-electron chi connectivity index (χ1n) is 8.14. The highest BCUT2D eigenvalue weighted by atomic mass is 17.2. The number of rotatable bonds is 0. The van der Waals surface area contributed by atoms with E-state index in [1.807, 2.05) is 0 Å². The fraction of sp³-hybridized carbons (Fsp3) is 0.300. The van der Waals surface area contributed by atoms with E-state index in [0.717, 1.165) is 25.7 Å². The zero-order chi connectivity index (χ0) is 14.5. The van der Waals surface area contributed by atoms with Crippen LogP contribution < -0.4 is 0 Å². The molecule has 2 aliphatic carbocycles. The molecular weight excluding hydrogens is 272 g/mol. The summed E-state index contributed by atoms with van der Waals surface area (Å²) in [6, 6.07) is 17.5. The van der Waals surface area contributed by atoms with Gasteiger partial charge in [-0.1, -0.05) is 48.5 Å². The molecule has 2 aromatic rings. The van der Waals surface area contributed by atoms with Crippen molar-refractivity contribution in [3.63, 3.8) is 0 Å². The predicted octanol–water partition coefficient (Wildman–Crippen LogP) is 4.19. The van der Waals surface area contributed by atoms with Crippen LogP contribution in [-0.4, -0.2) is 12.2 Å². The zero-order valence-electron chi connectivity index (χ0n) is 12.4. The van der Waals surface area contributed by atoms with Crippen LogP contribution in [0.4, 0.5) is 0 Å². The van der Waals surface area contributed by atoms with Gasteiger partial charge in [0.1, 0.15) is 12.2 Å². The van der Waals surface area contributed by atoms with E-state index in [-0.39, 0.29) is 12.2 Å². The van der Waals surface area contributed by atoms with Crippen molar-refractivity contribution in [3.05, 3.63) is 70.8 Å². The third kappa shape index (κ3) is 1.74. The second-order valence-corrected chi connectivity index (χ2v) is 6.39.